The molecule has 0 spiro atoms. The molecule has 0 saturated carbocycles. The Hall–Kier alpha value is -4.26. The number of piperazine rings is 1. The predicted molar refractivity (Wildman–Crippen MR) is 138 cm³/mol. The van der Waals surface area contributed by atoms with Gasteiger partial charge < -0.3 is 19.9 Å². The van der Waals surface area contributed by atoms with E-state index in [2.05, 4.69) is 35.1 Å². The molecule has 1 saturated heterocycles. The Bertz CT molecular complexity index is 1450. The molecule has 4 heterocycles. The Balaban J connectivity index is 1.21. The van der Waals surface area contributed by atoms with Gasteiger partial charge in [-0.15, -0.1) is 0 Å². The Morgan fingerprint density at radius 2 is 1.85 bits per heavy atom. The van der Waals surface area contributed by atoms with Gasteiger partial charge in [-0.2, -0.15) is 18.2 Å². The van der Waals surface area contributed by atoms with Crippen LogP contribution in [0.25, 0.3) is 22.3 Å². The van der Waals surface area contributed by atoms with Crippen LogP contribution >= 0.6 is 0 Å². The van der Waals surface area contributed by atoms with Gasteiger partial charge >= 0.3 is 12.2 Å². The van der Waals surface area contributed by atoms with Gasteiger partial charge in [0, 0.05) is 50.7 Å². The highest BCUT2D eigenvalue weighted by Crippen LogP contribution is 2.25. The topological polar surface area (TPSA) is 112 Å². The van der Waals surface area contributed by atoms with Gasteiger partial charge in [0.1, 0.15) is 12.2 Å². The summed E-state index contributed by atoms with van der Waals surface area (Å²) in [6.45, 7) is 4.49. The third kappa shape index (κ3) is 6.79. The number of amides is 1. The van der Waals surface area contributed by atoms with Crippen LogP contribution in [0.5, 0.6) is 6.01 Å². The summed E-state index contributed by atoms with van der Waals surface area (Å²) >= 11 is 0. The molecule has 204 valence electrons. The highest BCUT2D eigenvalue weighted by atomic mass is 19.4. The van der Waals surface area contributed by atoms with Crippen molar-refractivity contribution in [1.82, 2.24) is 34.7 Å². The monoisotopic (exact) mass is 540 g/mol. The number of aromatic amines is 1. The van der Waals surface area contributed by atoms with E-state index in [-0.39, 0.29) is 13.1 Å². The Kier molecular flexibility index (Phi) is 7.59. The number of anilines is 2. The van der Waals surface area contributed by atoms with Gasteiger partial charge in [-0.3, -0.25) is 9.69 Å². The Labute approximate surface area is 222 Å². The van der Waals surface area contributed by atoms with E-state index in [0.29, 0.717) is 44.0 Å². The number of pyridine rings is 1. The van der Waals surface area contributed by atoms with Gasteiger partial charge in [0.25, 0.3) is 0 Å². The lowest BCUT2D eigenvalue weighted by Gasteiger charge is -2.35. The lowest BCUT2D eigenvalue weighted by molar-refractivity contribution is -0.162. The molecule has 0 atom stereocenters. The third-order valence-electron chi connectivity index (χ3n) is 6.24. The second kappa shape index (κ2) is 11.2. The normalized spacial score (nSPS) is 14.5. The van der Waals surface area contributed by atoms with E-state index in [4.69, 9.17) is 4.74 Å². The minimum absolute atomic E-state index is 0.272. The van der Waals surface area contributed by atoms with Crippen molar-refractivity contribution in [2.75, 3.05) is 38.1 Å². The number of carbonyl (C=O) groups is 1. The van der Waals surface area contributed by atoms with Crippen molar-refractivity contribution in [3.63, 3.8) is 0 Å². The molecule has 2 N–H and O–H groups in total. The molecule has 13 heteroatoms. The van der Waals surface area contributed by atoms with Gasteiger partial charge in [0.15, 0.2) is 0 Å². The van der Waals surface area contributed by atoms with E-state index in [1.807, 2.05) is 43.3 Å². The van der Waals surface area contributed by atoms with Crippen molar-refractivity contribution < 1.29 is 22.7 Å². The summed E-state index contributed by atoms with van der Waals surface area (Å²) < 4.78 is 43.0. The zero-order chi connectivity index (χ0) is 27.4. The molecule has 0 radical (unpaired) electrons. The summed E-state index contributed by atoms with van der Waals surface area (Å²) in [5.74, 6) is 0.256. The van der Waals surface area contributed by atoms with Crippen LogP contribution in [0.2, 0.25) is 0 Å². The first-order valence-electron chi connectivity index (χ1n) is 12.5. The van der Waals surface area contributed by atoms with Crippen LogP contribution in [0.15, 0.2) is 48.8 Å². The van der Waals surface area contributed by atoms with Crippen molar-refractivity contribution in [3.8, 4) is 17.3 Å². The fraction of sp³-hybridized carbons (Fsp3) is 0.346. The molecule has 5 rings (SSSR count). The largest absolute Gasteiger partial charge is 0.464 e. The van der Waals surface area contributed by atoms with E-state index in [1.54, 1.807) is 12.4 Å². The second-order valence-corrected chi connectivity index (χ2v) is 9.10. The lowest BCUT2D eigenvalue weighted by Crippen LogP contribution is -2.49. The average molecular weight is 541 g/mol. The fourth-order valence-corrected chi connectivity index (χ4v) is 4.39. The maximum atomic E-state index is 12.5. The molecular weight excluding hydrogens is 513 g/mol. The molecule has 4 aromatic rings. The van der Waals surface area contributed by atoms with E-state index < -0.39 is 18.5 Å². The minimum atomic E-state index is -4.48. The molecule has 0 bridgehead atoms. The predicted octanol–water partition coefficient (Wildman–Crippen LogP) is 4.15. The highest BCUT2D eigenvalue weighted by Gasteiger charge is 2.34. The summed E-state index contributed by atoms with van der Waals surface area (Å²) in [7, 11) is 0. The van der Waals surface area contributed by atoms with Gasteiger partial charge in [0.05, 0.1) is 23.3 Å². The number of aromatic nitrogens is 5. The van der Waals surface area contributed by atoms with Crippen molar-refractivity contribution >= 4 is 28.7 Å². The molecule has 0 aliphatic carbocycles. The van der Waals surface area contributed by atoms with Gasteiger partial charge in [0.2, 0.25) is 11.9 Å². The summed E-state index contributed by atoms with van der Waals surface area (Å²) in [4.78, 5) is 36.0. The summed E-state index contributed by atoms with van der Waals surface area (Å²) in [6, 6.07) is 11.7. The number of hydrogen-bond donors (Lipinski definition) is 2. The molecule has 1 aliphatic heterocycles. The first-order valence-corrected chi connectivity index (χ1v) is 12.5. The highest BCUT2D eigenvalue weighted by molar-refractivity contribution is 5.83. The van der Waals surface area contributed by atoms with Gasteiger partial charge in [-0.25, -0.2) is 15.0 Å². The number of ether oxygens (including phenoxy) is 1. The maximum Gasteiger partial charge on any atom is 0.397 e. The molecule has 1 aromatic carbocycles. The average Bonchev–Trinajstić information content (AvgIpc) is 3.30. The minimum Gasteiger partial charge on any atom is -0.464 e. The Morgan fingerprint density at radius 1 is 1.05 bits per heavy atom. The molecule has 10 nitrogen and oxygen atoms in total. The van der Waals surface area contributed by atoms with E-state index in [9.17, 15) is 18.0 Å². The Morgan fingerprint density at radius 3 is 2.62 bits per heavy atom. The third-order valence-corrected chi connectivity index (χ3v) is 6.24. The number of rotatable bonds is 8. The van der Waals surface area contributed by atoms with Crippen molar-refractivity contribution in [2.24, 2.45) is 0 Å². The molecule has 1 fully saturated rings. The number of nitrogens with one attached hydrogen (secondary N) is 2. The maximum absolute atomic E-state index is 12.5. The molecule has 1 aliphatic rings. The number of nitrogens with zero attached hydrogens (tertiary/aromatic N) is 6. The van der Waals surface area contributed by atoms with Crippen LogP contribution in [-0.4, -0.2) is 79.6 Å². The fourth-order valence-electron chi connectivity index (χ4n) is 4.39. The van der Waals surface area contributed by atoms with Crippen LogP contribution in [0, 0.1) is 0 Å². The molecule has 0 unspecified atom stereocenters. The molecule has 1 amide bonds. The molecular formula is C26H27F3N8O2. The quantitative estimate of drug-likeness (QED) is 0.343. The van der Waals surface area contributed by atoms with Crippen LogP contribution in [0.3, 0.4) is 0 Å². The van der Waals surface area contributed by atoms with Crippen LogP contribution in [0.1, 0.15) is 18.9 Å². The van der Waals surface area contributed by atoms with Crippen LogP contribution in [0.4, 0.5) is 24.9 Å². The number of alkyl halides is 3. The smallest absolute Gasteiger partial charge is 0.397 e. The number of benzene rings is 1. The van der Waals surface area contributed by atoms with Gasteiger partial charge in [-0.1, -0.05) is 6.07 Å². The van der Waals surface area contributed by atoms with E-state index in [1.165, 1.54) is 4.90 Å². The molecule has 39 heavy (non-hydrogen) atoms. The summed E-state index contributed by atoms with van der Waals surface area (Å²) in [5.41, 5.74) is 4.20. The zero-order valence-electron chi connectivity index (χ0n) is 21.2. The zero-order valence-corrected chi connectivity index (χ0v) is 21.2. The van der Waals surface area contributed by atoms with E-state index in [0.717, 1.165) is 27.9 Å². The molecule has 3 aromatic heterocycles. The number of fused-ring (bicyclic) bond motifs is 1. The first-order chi connectivity index (χ1) is 18.8. The summed E-state index contributed by atoms with van der Waals surface area (Å²) in [6.07, 6.45) is -2.55. The van der Waals surface area contributed by atoms with Crippen LogP contribution < -0.4 is 10.1 Å². The number of halogens is 3. The number of hydrogen-bond acceptors (Lipinski definition) is 8. The van der Waals surface area contributed by atoms with E-state index >= 15 is 0 Å². The van der Waals surface area contributed by atoms with Crippen molar-refractivity contribution in [1.29, 1.82) is 0 Å². The van der Waals surface area contributed by atoms with Gasteiger partial charge in [-0.05, 0) is 42.8 Å². The summed E-state index contributed by atoms with van der Waals surface area (Å²) in [5, 5.41) is 3.20. The van der Waals surface area contributed by atoms with Crippen molar-refractivity contribution in [2.45, 2.75) is 26.1 Å². The first kappa shape index (κ1) is 26.4. The standard InChI is InChI=1S/C26H27F3N8O2/c1-2-39-25-31-8-6-19(34-25)18-3-4-20-21(14-18)33-24(32-20)35-22-13-17(5-7-30-22)16-36-9-11-37(12-10-36)23(38)15-26(27,28)29/h3-8,13-14H,2,9-12,15-16H2,1H3,(H2,30,32,33,35). The number of imidazole rings is 1. The number of H-pyrrole nitrogens is 1. The van der Waals surface area contributed by atoms with Crippen molar-refractivity contribution in [3.05, 3.63) is 54.4 Å². The second-order valence-electron chi connectivity index (χ2n) is 9.10. The SMILES string of the molecule is CCOc1nccc(-c2ccc3nc(Nc4cc(CN5CCN(C(=O)CC(F)(F)F)CC5)ccn4)[nH]c3c2)n1. The van der Waals surface area contributed by atoms with Crippen LogP contribution in [-0.2, 0) is 11.3 Å². The number of carbonyl (C=O) groups excluding carboxylic acids is 1. The lowest BCUT2D eigenvalue weighted by atomic mass is 10.1.